The van der Waals surface area contributed by atoms with Crippen molar-refractivity contribution in [1.82, 2.24) is 0 Å². The van der Waals surface area contributed by atoms with Crippen LogP contribution in [-0.2, 0) is 18.3 Å². The lowest BCUT2D eigenvalue weighted by molar-refractivity contribution is -0.0668. The Morgan fingerprint density at radius 2 is 1.59 bits per heavy atom. The zero-order chi connectivity index (χ0) is 38.8. The van der Waals surface area contributed by atoms with E-state index in [1.54, 1.807) is 19.4 Å². The Balaban J connectivity index is 1.84. The van der Waals surface area contributed by atoms with E-state index in [1.807, 2.05) is 13.0 Å². The van der Waals surface area contributed by atoms with Crippen molar-refractivity contribution >= 4 is 22.8 Å². The predicted octanol–water partition coefficient (Wildman–Crippen LogP) is 12.1. The van der Waals surface area contributed by atoms with Gasteiger partial charge in [-0.3, -0.25) is 0 Å². The molecule has 3 rings (SSSR count). The van der Waals surface area contributed by atoms with Crippen LogP contribution in [0.2, 0.25) is 36.3 Å². The SMILES string of the molecule is C=C1/C(=C\C=C2/CCC[C@]3(C)[C@@H]([C@H](C)/C=C/[C@@H](O)C(C)(C)OC(=O)OCCC)CC[C@@H]23)CC(O[Si](C)(C)C(C)(C)C)CC1O[Si](C)(C)C(C)(C)C. The number of carbonyl (C=O) groups excluding carboxylic acids is 1. The third kappa shape index (κ3) is 10.6. The number of hydrogen-bond donors (Lipinski definition) is 1. The van der Waals surface area contributed by atoms with E-state index in [-0.39, 0.29) is 33.6 Å². The fourth-order valence-corrected chi connectivity index (χ4v) is 10.7. The first-order valence-electron chi connectivity index (χ1n) is 19.9. The van der Waals surface area contributed by atoms with Crippen molar-refractivity contribution in [3.63, 3.8) is 0 Å². The van der Waals surface area contributed by atoms with Gasteiger partial charge in [0, 0.05) is 6.42 Å². The van der Waals surface area contributed by atoms with E-state index in [9.17, 15) is 9.90 Å². The summed E-state index contributed by atoms with van der Waals surface area (Å²) in [5, 5.41) is 11.2. The Kier molecular flexibility index (Phi) is 14.2. The second kappa shape index (κ2) is 16.5. The molecule has 2 unspecified atom stereocenters. The van der Waals surface area contributed by atoms with E-state index < -0.39 is 34.5 Å². The van der Waals surface area contributed by atoms with Crippen LogP contribution in [0.5, 0.6) is 0 Å². The molecule has 292 valence electrons. The zero-order valence-corrected chi connectivity index (χ0v) is 37.3. The van der Waals surface area contributed by atoms with Crippen molar-refractivity contribution in [1.29, 1.82) is 0 Å². The lowest BCUT2D eigenvalue weighted by atomic mass is 9.61. The highest BCUT2D eigenvalue weighted by molar-refractivity contribution is 6.74. The summed E-state index contributed by atoms with van der Waals surface area (Å²) >= 11 is 0. The molecule has 7 atom stereocenters. The molecule has 0 spiro atoms. The fraction of sp³-hybridized carbons (Fsp3) is 0.791. The van der Waals surface area contributed by atoms with Crippen LogP contribution in [0, 0.1) is 23.2 Å². The molecular weight excluding hydrogens is 669 g/mol. The molecule has 6 nitrogen and oxygen atoms in total. The molecule has 3 aliphatic rings. The fourth-order valence-electron chi connectivity index (χ4n) is 8.04. The molecule has 8 heteroatoms. The Hall–Kier alpha value is -1.46. The van der Waals surface area contributed by atoms with E-state index in [0.29, 0.717) is 18.4 Å². The van der Waals surface area contributed by atoms with Gasteiger partial charge in [-0.15, -0.1) is 0 Å². The lowest BCUT2D eigenvalue weighted by Crippen LogP contribution is -2.49. The summed E-state index contributed by atoms with van der Waals surface area (Å²) in [5.41, 5.74) is 3.11. The molecule has 0 aromatic rings. The van der Waals surface area contributed by atoms with Crippen molar-refractivity contribution < 1.29 is 28.2 Å². The first-order chi connectivity index (χ1) is 23.3. The minimum Gasteiger partial charge on any atom is -0.434 e. The van der Waals surface area contributed by atoms with Crippen LogP contribution >= 0.6 is 0 Å². The number of allylic oxidation sites excluding steroid dienone is 4. The normalized spacial score (nSPS) is 29.8. The first kappa shape index (κ1) is 43.9. The number of ether oxygens (including phenoxy) is 2. The highest BCUT2D eigenvalue weighted by Gasteiger charge is 2.50. The number of carbonyl (C=O) groups is 1. The molecule has 3 saturated carbocycles. The maximum Gasteiger partial charge on any atom is 0.508 e. The molecule has 0 aromatic heterocycles. The minimum absolute atomic E-state index is 0.0214. The molecule has 0 amide bonds. The van der Waals surface area contributed by atoms with Gasteiger partial charge in [0.1, 0.15) is 11.7 Å². The van der Waals surface area contributed by atoms with Gasteiger partial charge in [-0.25, -0.2) is 4.79 Å². The van der Waals surface area contributed by atoms with Crippen LogP contribution in [0.1, 0.15) is 128 Å². The summed E-state index contributed by atoms with van der Waals surface area (Å²) in [7, 11) is -4.00. The van der Waals surface area contributed by atoms with Gasteiger partial charge >= 0.3 is 6.16 Å². The Morgan fingerprint density at radius 1 is 0.980 bits per heavy atom. The third-order valence-corrected chi connectivity index (χ3v) is 22.5. The van der Waals surface area contributed by atoms with Crippen molar-refractivity contribution in [2.75, 3.05) is 6.61 Å². The van der Waals surface area contributed by atoms with Crippen LogP contribution < -0.4 is 0 Å². The molecular formula is C43H76O6Si2. The molecule has 0 heterocycles. The van der Waals surface area contributed by atoms with Gasteiger partial charge in [0.25, 0.3) is 0 Å². The van der Waals surface area contributed by atoms with Crippen LogP contribution in [0.4, 0.5) is 4.79 Å². The topological polar surface area (TPSA) is 74.2 Å². The quantitative estimate of drug-likeness (QED) is 0.122. The standard InChI is InChI=1S/C43H76O6Si2/c1-17-27-46-39(45)47-42(10,11)38(44)25-20-30(2)35-23-24-36-32(19-18-26-43(35,36)12)21-22-33-28-34(48-50(13,14)40(4,5)6)29-37(31(33)3)49-51(15,16)41(7,8)9/h20-22,25,30,34-38,44H,3,17-19,23-24,26-29H2,1-2,4-16H3/b25-20+,32-21+,33-22-/t30-,34?,35-,36+,37?,38-,43-/m1/s1. The van der Waals surface area contributed by atoms with Crippen LogP contribution in [0.15, 0.2) is 47.6 Å². The smallest absolute Gasteiger partial charge is 0.434 e. The van der Waals surface area contributed by atoms with E-state index in [0.717, 1.165) is 37.7 Å². The average Bonchev–Trinajstić information content (AvgIpc) is 3.35. The van der Waals surface area contributed by atoms with E-state index in [1.165, 1.54) is 24.8 Å². The van der Waals surface area contributed by atoms with Crippen LogP contribution in [-0.4, -0.2) is 58.4 Å². The molecule has 0 radical (unpaired) electrons. The number of aliphatic hydroxyl groups is 1. The Morgan fingerprint density at radius 3 is 2.18 bits per heavy atom. The number of aliphatic hydroxyl groups excluding tert-OH is 1. The zero-order valence-electron chi connectivity index (χ0n) is 35.3. The van der Waals surface area contributed by atoms with Gasteiger partial charge in [-0.2, -0.15) is 0 Å². The maximum atomic E-state index is 12.1. The van der Waals surface area contributed by atoms with E-state index >= 15 is 0 Å². The summed E-state index contributed by atoms with van der Waals surface area (Å²) in [6.45, 7) is 38.5. The van der Waals surface area contributed by atoms with Gasteiger partial charge in [0.05, 0.1) is 18.8 Å². The van der Waals surface area contributed by atoms with Crippen molar-refractivity contribution in [2.24, 2.45) is 23.2 Å². The second-order valence-corrected chi connectivity index (χ2v) is 29.4. The van der Waals surface area contributed by atoms with Gasteiger partial charge in [0.15, 0.2) is 16.6 Å². The average molecular weight is 745 g/mol. The van der Waals surface area contributed by atoms with Crippen LogP contribution in [0.25, 0.3) is 0 Å². The van der Waals surface area contributed by atoms with Gasteiger partial charge < -0.3 is 23.4 Å². The summed E-state index contributed by atoms with van der Waals surface area (Å²) in [6, 6.07) is 0. The summed E-state index contributed by atoms with van der Waals surface area (Å²) < 4.78 is 24.7. The summed E-state index contributed by atoms with van der Waals surface area (Å²) in [5.74, 6) is 1.34. The second-order valence-electron chi connectivity index (χ2n) is 19.9. The molecule has 3 fully saturated rings. The third-order valence-electron chi connectivity index (χ3n) is 13.5. The van der Waals surface area contributed by atoms with Gasteiger partial charge in [-0.1, -0.05) is 98.8 Å². The number of rotatable bonds is 12. The Labute approximate surface area is 315 Å². The largest absolute Gasteiger partial charge is 0.508 e. The summed E-state index contributed by atoms with van der Waals surface area (Å²) in [6.07, 6.45) is 15.6. The van der Waals surface area contributed by atoms with Gasteiger partial charge in [-0.05, 0) is 129 Å². The van der Waals surface area contributed by atoms with E-state index in [2.05, 4.69) is 106 Å². The monoisotopic (exact) mass is 745 g/mol. The maximum absolute atomic E-state index is 12.1. The highest BCUT2D eigenvalue weighted by Crippen LogP contribution is 2.59. The van der Waals surface area contributed by atoms with E-state index in [4.69, 9.17) is 18.3 Å². The molecule has 0 saturated heterocycles. The lowest BCUT2D eigenvalue weighted by Gasteiger charge is -2.45. The molecule has 0 aliphatic heterocycles. The highest BCUT2D eigenvalue weighted by atomic mass is 28.4. The Bertz CT molecular complexity index is 1310. The predicted molar refractivity (Wildman–Crippen MR) is 218 cm³/mol. The molecule has 0 bridgehead atoms. The van der Waals surface area contributed by atoms with Crippen molar-refractivity contribution in [3.8, 4) is 0 Å². The summed E-state index contributed by atoms with van der Waals surface area (Å²) in [4.78, 5) is 12.1. The first-order valence-corrected chi connectivity index (χ1v) is 25.7. The molecule has 0 aromatic carbocycles. The number of hydrogen-bond acceptors (Lipinski definition) is 6. The molecule has 1 N–H and O–H groups in total. The molecule has 51 heavy (non-hydrogen) atoms. The van der Waals surface area contributed by atoms with Crippen LogP contribution in [0.3, 0.4) is 0 Å². The van der Waals surface area contributed by atoms with Crippen molar-refractivity contribution in [3.05, 3.63) is 47.6 Å². The number of fused-ring (bicyclic) bond motifs is 1. The van der Waals surface area contributed by atoms with Crippen molar-refractivity contribution in [2.45, 2.75) is 188 Å². The minimum atomic E-state index is -2.02. The molecule has 3 aliphatic carbocycles. The van der Waals surface area contributed by atoms with Gasteiger partial charge in [0.2, 0.25) is 0 Å².